The lowest BCUT2D eigenvalue weighted by Crippen LogP contribution is -2.33. The molecular weight excluding hydrogens is 484 g/mol. The Morgan fingerprint density at radius 3 is 2.31 bits per heavy atom. The predicted octanol–water partition coefficient (Wildman–Crippen LogP) is 6.30. The number of carbonyl (C=O) groups excluding carboxylic acids is 2. The number of urea groups is 1. The molecule has 2 amide bonds. The fourth-order valence-corrected chi connectivity index (χ4v) is 3.54. The molecule has 192 valence electrons. The van der Waals surface area contributed by atoms with Gasteiger partial charge in [0.05, 0.1) is 22.9 Å². The van der Waals surface area contributed by atoms with Gasteiger partial charge in [0.2, 0.25) is 5.76 Å². The number of hydrogen-bond donors (Lipinski definition) is 3. The van der Waals surface area contributed by atoms with E-state index in [0.29, 0.717) is 6.61 Å². The summed E-state index contributed by atoms with van der Waals surface area (Å²) in [7, 11) is 0. The minimum absolute atomic E-state index is 0.187. The molecule has 1 aromatic carbocycles. The van der Waals surface area contributed by atoms with Crippen molar-refractivity contribution < 1.29 is 18.7 Å². The van der Waals surface area contributed by atoms with Gasteiger partial charge in [-0.15, -0.1) is 0 Å². The van der Waals surface area contributed by atoms with Crippen molar-refractivity contribution >= 4 is 35.3 Å². The van der Waals surface area contributed by atoms with Gasteiger partial charge in [-0.2, -0.15) is 15.5 Å². The summed E-state index contributed by atoms with van der Waals surface area (Å²) in [6.07, 6.45) is 11.9. The van der Waals surface area contributed by atoms with Crippen LogP contribution in [0.4, 0.5) is 16.5 Å². The Morgan fingerprint density at radius 2 is 1.69 bits per heavy atom. The van der Waals surface area contributed by atoms with Crippen molar-refractivity contribution in [2.24, 2.45) is 0 Å². The molecule has 2 rings (SSSR count). The number of hydrazine groups is 1. The molecule has 11 heteroatoms. The number of rotatable bonds is 15. The molecule has 10 nitrogen and oxygen atoms in total. The zero-order valence-corrected chi connectivity index (χ0v) is 21.1. The monoisotopic (exact) mass is 514 g/mol. The summed E-state index contributed by atoms with van der Waals surface area (Å²) < 4.78 is 10.3. The second-order valence-corrected chi connectivity index (χ2v) is 8.54. The highest BCUT2D eigenvalue weighted by atomic mass is 35.5. The van der Waals surface area contributed by atoms with E-state index >= 15 is 0 Å². The molecule has 0 spiro atoms. The topological polar surface area (TPSA) is 153 Å². The quantitative estimate of drug-likeness (QED) is 0.142. The first-order valence-electron chi connectivity index (χ1n) is 12.1. The van der Waals surface area contributed by atoms with Gasteiger partial charge in [0.1, 0.15) is 12.1 Å². The fourth-order valence-electron chi connectivity index (χ4n) is 3.37. The van der Waals surface area contributed by atoms with E-state index in [4.69, 9.17) is 31.3 Å². The highest BCUT2D eigenvalue weighted by Crippen LogP contribution is 2.23. The first-order valence-corrected chi connectivity index (χ1v) is 12.5. The van der Waals surface area contributed by atoms with Crippen LogP contribution in [0.2, 0.25) is 5.02 Å². The highest BCUT2D eigenvalue weighted by molar-refractivity contribution is 6.33. The van der Waals surface area contributed by atoms with Crippen LogP contribution in [0.3, 0.4) is 0 Å². The zero-order chi connectivity index (χ0) is 26.2. The van der Waals surface area contributed by atoms with E-state index in [2.05, 4.69) is 28.1 Å². The Morgan fingerprint density at radius 1 is 1.03 bits per heavy atom. The van der Waals surface area contributed by atoms with Crippen LogP contribution in [-0.2, 0) is 4.74 Å². The number of nitriles is 2. The lowest BCUT2D eigenvalue weighted by molar-refractivity contribution is 0.0497. The standard InChI is InChI=1S/C25H31ClN6O4/c1-2-3-4-5-6-7-8-9-10-11-14-35-23(33)18-12-13-19(26)20(15-18)29-24(34)31-32-25-30-21(16-27)22(17-28)36-25/h12-13,15H,2-11,14H2,1H3,(H,30,32)(H2,29,31,34). The van der Waals surface area contributed by atoms with Crippen LogP contribution in [0, 0.1) is 22.7 Å². The summed E-state index contributed by atoms with van der Waals surface area (Å²) in [5.74, 6) is -0.786. The minimum atomic E-state index is -0.747. The van der Waals surface area contributed by atoms with Gasteiger partial charge in [-0.3, -0.25) is 0 Å². The van der Waals surface area contributed by atoms with Crippen molar-refractivity contribution in [3.8, 4) is 12.1 Å². The predicted molar refractivity (Wildman–Crippen MR) is 135 cm³/mol. The van der Waals surface area contributed by atoms with Gasteiger partial charge in [0, 0.05) is 0 Å². The van der Waals surface area contributed by atoms with Crippen molar-refractivity contribution in [3.05, 3.63) is 40.2 Å². The Kier molecular flexibility index (Phi) is 12.7. The molecule has 0 radical (unpaired) electrons. The third-order valence-electron chi connectivity index (χ3n) is 5.30. The molecule has 0 atom stereocenters. The number of benzene rings is 1. The van der Waals surface area contributed by atoms with E-state index in [9.17, 15) is 9.59 Å². The lowest BCUT2D eigenvalue weighted by Gasteiger charge is -2.11. The van der Waals surface area contributed by atoms with Crippen molar-refractivity contribution in [3.63, 3.8) is 0 Å². The maximum absolute atomic E-state index is 12.4. The van der Waals surface area contributed by atoms with Gasteiger partial charge in [0.15, 0.2) is 5.69 Å². The number of oxazole rings is 1. The molecule has 0 bridgehead atoms. The number of amides is 2. The number of unbranched alkanes of at least 4 members (excludes halogenated alkanes) is 9. The second kappa shape index (κ2) is 16.0. The maximum Gasteiger partial charge on any atom is 0.338 e. The van der Waals surface area contributed by atoms with Crippen molar-refractivity contribution in [2.75, 3.05) is 17.3 Å². The first-order chi connectivity index (χ1) is 17.5. The number of anilines is 2. The molecule has 0 unspecified atom stereocenters. The van der Waals surface area contributed by atoms with Gasteiger partial charge in [-0.1, -0.05) is 76.3 Å². The Hall–Kier alpha value is -3.76. The number of nitrogens with zero attached hydrogens (tertiary/aromatic N) is 3. The van der Waals surface area contributed by atoms with Crippen LogP contribution in [-0.4, -0.2) is 23.6 Å². The number of ether oxygens (including phenoxy) is 1. The minimum Gasteiger partial charge on any atom is -0.462 e. The fraction of sp³-hybridized carbons (Fsp3) is 0.480. The molecule has 0 saturated heterocycles. The molecule has 0 fully saturated rings. The van der Waals surface area contributed by atoms with Crippen LogP contribution < -0.4 is 16.2 Å². The van der Waals surface area contributed by atoms with Crippen molar-refractivity contribution in [2.45, 2.75) is 71.1 Å². The van der Waals surface area contributed by atoms with E-state index in [0.717, 1.165) is 19.3 Å². The van der Waals surface area contributed by atoms with Crippen LogP contribution in [0.15, 0.2) is 22.6 Å². The summed E-state index contributed by atoms with van der Waals surface area (Å²) in [6.45, 7) is 2.55. The Balaban J connectivity index is 1.72. The van der Waals surface area contributed by atoms with Gasteiger partial charge < -0.3 is 14.5 Å². The van der Waals surface area contributed by atoms with Crippen LogP contribution >= 0.6 is 11.6 Å². The Bertz CT molecular complexity index is 1060. The highest BCUT2D eigenvalue weighted by Gasteiger charge is 2.15. The lowest BCUT2D eigenvalue weighted by atomic mass is 10.1. The van der Waals surface area contributed by atoms with Gasteiger partial charge in [-0.25, -0.2) is 20.4 Å². The van der Waals surface area contributed by atoms with Crippen LogP contribution in [0.1, 0.15) is 92.9 Å². The van der Waals surface area contributed by atoms with Crippen LogP contribution in [0.25, 0.3) is 0 Å². The summed E-state index contributed by atoms with van der Waals surface area (Å²) in [6, 6.07) is 6.79. The third kappa shape index (κ3) is 9.85. The normalized spacial score (nSPS) is 10.2. The molecule has 1 heterocycles. The van der Waals surface area contributed by atoms with Gasteiger partial charge in [-0.05, 0) is 24.6 Å². The molecule has 1 aromatic heterocycles. The summed E-state index contributed by atoms with van der Waals surface area (Å²) >= 11 is 6.13. The average molecular weight is 515 g/mol. The molecule has 2 aromatic rings. The maximum atomic E-state index is 12.4. The van der Waals surface area contributed by atoms with Crippen LogP contribution in [0.5, 0.6) is 0 Å². The Labute approximate surface area is 215 Å². The molecule has 3 N–H and O–H groups in total. The van der Waals surface area contributed by atoms with E-state index in [1.165, 1.54) is 63.1 Å². The van der Waals surface area contributed by atoms with E-state index < -0.39 is 12.0 Å². The number of carbonyl (C=O) groups is 2. The summed E-state index contributed by atoms with van der Waals surface area (Å²) in [5.41, 5.74) is 4.80. The molecule has 0 aliphatic rings. The van der Waals surface area contributed by atoms with E-state index in [1.807, 2.05) is 0 Å². The first kappa shape index (κ1) is 28.5. The van der Waals surface area contributed by atoms with E-state index in [1.54, 1.807) is 12.1 Å². The van der Waals surface area contributed by atoms with Gasteiger partial charge >= 0.3 is 18.0 Å². The SMILES string of the molecule is CCCCCCCCCCCCOC(=O)c1ccc(Cl)c(NC(=O)NNc2nc(C#N)c(C#N)o2)c1. The zero-order valence-electron chi connectivity index (χ0n) is 20.4. The van der Waals surface area contributed by atoms with Crippen molar-refractivity contribution in [1.82, 2.24) is 10.4 Å². The molecule has 0 aliphatic heterocycles. The average Bonchev–Trinajstić information content (AvgIpc) is 3.29. The molecular formula is C25H31ClN6O4. The van der Waals surface area contributed by atoms with Crippen molar-refractivity contribution in [1.29, 1.82) is 10.5 Å². The number of hydrogen-bond acceptors (Lipinski definition) is 8. The molecule has 36 heavy (non-hydrogen) atoms. The number of esters is 1. The largest absolute Gasteiger partial charge is 0.462 e. The summed E-state index contributed by atoms with van der Waals surface area (Å²) in [4.78, 5) is 28.3. The second-order valence-electron chi connectivity index (χ2n) is 8.14. The number of aromatic nitrogens is 1. The molecule has 0 saturated carbocycles. The molecule has 0 aliphatic carbocycles. The number of nitrogens with one attached hydrogen (secondary N) is 3. The summed E-state index contributed by atoms with van der Waals surface area (Å²) in [5, 5.41) is 20.4. The van der Waals surface area contributed by atoms with E-state index in [-0.39, 0.29) is 33.7 Å². The third-order valence-corrected chi connectivity index (χ3v) is 5.63. The smallest absolute Gasteiger partial charge is 0.338 e. The number of halogens is 1. The van der Waals surface area contributed by atoms with Gasteiger partial charge in [0.25, 0.3) is 0 Å².